The number of esters is 1. The van der Waals surface area contributed by atoms with Gasteiger partial charge in [-0.15, -0.1) is 11.8 Å². The number of amides is 3. The molecule has 5 rings (SSSR count). The van der Waals surface area contributed by atoms with Crippen LogP contribution in [0.4, 0.5) is 4.79 Å². The third-order valence-corrected chi connectivity index (χ3v) is 9.52. The van der Waals surface area contributed by atoms with Crippen LogP contribution in [0, 0.1) is 5.92 Å². The average molecular weight is 708 g/mol. The minimum absolute atomic E-state index is 0.0138. The van der Waals surface area contributed by atoms with Crippen LogP contribution < -0.4 is 10.6 Å². The molecular weight excluding hydrogens is 667 g/mol. The fraction of sp³-hybridized carbons (Fsp3) is 0.275. The number of ketones is 1. The van der Waals surface area contributed by atoms with Crippen LogP contribution in [0.25, 0.3) is 0 Å². The summed E-state index contributed by atoms with van der Waals surface area (Å²) in [4.78, 5) is 69.6. The lowest BCUT2D eigenvalue weighted by Crippen LogP contribution is -2.57. The highest BCUT2D eigenvalue weighted by molar-refractivity contribution is 7.99. The molecule has 4 atom stereocenters. The second-order valence-corrected chi connectivity index (χ2v) is 13.5. The number of rotatable bonds is 14. The number of benzene rings is 4. The highest BCUT2D eigenvalue weighted by Gasteiger charge is 2.44. The Morgan fingerprint density at radius 1 is 0.745 bits per heavy atom. The zero-order chi connectivity index (χ0) is 36.2. The first-order valence-electron chi connectivity index (χ1n) is 16.8. The number of nitrogens with zero attached hydrogens (tertiary/aromatic N) is 1. The predicted molar refractivity (Wildman–Crippen MR) is 194 cm³/mol. The second-order valence-electron chi connectivity index (χ2n) is 12.4. The number of nitrogens with one attached hydrogen (secondary N) is 2. The van der Waals surface area contributed by atoms with Gasteiger partial charge in [0, 0.05) is 12.2 Å². The Morgan fingerprint density at radius 3 is 1.84 bits per heavy atom. The smallest absolute Gasteiger partial charge is 0.408 e. The lowest BCUT2D eigenvalue weighted by atomic mass is 9.94. The van der Waals surface area contributed by atoms with E-state index in [0.29, 0.717) is 5.56 Å². The summed E-state index contributed by atoms with van der Waals surface area (Å²) in [7, 11) is 0. The van der Waals surface area contributed by atoms with Crippen LogP contribution in [0.2, 0.25) is 0 Å². The quantitative estimate of drug-likeness (QED) is 0.0982. The Hall–Kier alpha value is -5.42. The maximum absolute atomic E-state index is 14.7. The van der Waals surface area contributed by atoms with Gasteiger partial charge in [-0.3, -0.25) is 14.4 Å². The van der Waals surface area contributed by atoms with Gasteiger partial charge in [-0.2, -0.15) is 0 Å². The third-order valence-electron chi connectivity index (χ3n) is 8.19. The zero-order valence-electron chi connectivity index (χ0n) is 28.5. The van der Waals surface area contributed by atoms with Gasteiger partial charge in [0.05, 0.1) is 6.10 Å². The van der Waals surface area contributed by atoms with Crippen LogP contribution in [0.1, 0.15) is 41.5 Å². The van der Waals surface area contributed by atoms with E-state index in [-0.39, 0.29) is 25.2 Å². The minimum atomic E-state index is -1.40. The number of alkyl carbamates (subject to hydrolysis) is 1. The molecule has 51 heavy (non-hydrogen) atoms. The zero-order valence-corrected chi connectivity index (χ0v) is 29.3. The predicted octanol–water partition coefficient (Wildman–Crippen LogP) is 5.62. The molecule has 11 heteroatoms. The lowest BCUT2D eigenvalue weighted by molar-refractivity contribution is -0.160. The molecule has 1 fully saturated rings. The van der Waals surface area contributed by atoms with Crippen LogP contribution >= 0.6 is 11.8 Å². The molecule has 0 saturated carbocycles. The summed E-state index contributed by atoms with van der Waals surface area (Å²) in [6, 6.07) is 35.7. The van der Waals surface area contributed by atoms with Gasteiger partial charge in [0.1, 0.15) is 30.1 Å². The Balaban J connectivity index is 1.43. The molecule has 1 saturated heterocycles. The molecule has 0 aromatic heterocycles. The Morgan fingerprint density at radius 2 is 1.27 bits per heavy atom. The maximum Gasteiger partial charge on any atom is 0.408 e. The first-order chi connectivity index (χ1) is 24.7. The van der Waals surface area contributed by atoms with Crippen molar-refractivity contribution in [3.05, 3.63) is 144 Å². The van der Waals surface area contributed by atoms with E-state index >= 15 is 0 Å². The average Bonchev–Trinajstić information content (AvgIpc) is 3.56. The van der Waals surface area contributed by atoms with Gasteiger partial charge in [-0.25, -0.2) is 9.59 Å². The van der Waals surface area contributed by atoms with E-state index in [9.17, 15) is 24.0 Å². The van der Waals surface area contributed by atoms with Crippen molar-refractivity contribution >= 4 is 41.4 Å². The summed E-state index contributed by atoms with van der Waals surface area (Å²) in [6.45, 7) is 3.26. The summed E-state index contributed by atoms with van der Waals surface area (Å²) >= 11 is 1.44. The number of ether oxygens (including phenoxy) is 2. The maximum atomic E-state index is 14.7. The van der Waals surface area contributed by atoms with Crippen molar-refractivity contribution in [2.24, 2.45) is 5.92 Å². The van der Waals surface area contributed by atoms with Gasteiger partial charge >= 0.3 is 12.1 Å². The summed E-state index contributed by atoms with van der Waals surface area (Å²) in [5.74, 6) is -4.35. The molecule has 264 valence electrons. The first kappa shape index (κ1) is 36.9. The topological polar surface area (TPSA) is 131 Å². The summed E-state index contributed by atoms with van der Waals surface area (Å²) in [5.41, 5.74) is 3.09. The van der Waals surface area contributed by atoms with Crippen molar-refractivity contribution in [3.8, 4) is 0 Å². The molecule has 0 bridgehead atoms. The molecule has 1 aliphatic heterocycles. The molecular formula is C40H41N3O7S. The number of carbonyl (C=O) groups is 5. The molecule has 0 aliphatic carbocycles. The normalized spacial score (nSPS) is 16.5. The summed E-state index contributed by atoms with van der Waals surface area (Å²) in [6.07, 6.45) is -2.09. The number of hydrogen-bond acceptors (Lipinski definition) is 8. The molecule has 2 N–H and O–H groups in total. The highest BCUT2D eigenvalue weighted by atomic mass is 32.2. The fourth-order valence-corrected chi connectivity index (χ4v) is 7.10. The van der Waals surface area contributed by atoms with E-state index in [1.807, 2.05) is 97.1 Å². The number of carbonyl (C=O) groups excluding carboxylic acids is 5. The molecule has 10 nitrogen and oxygen atoms in total. The van der Waals surface area contributed by atoms with Gasteiger partial charge in [0.25, 0.3) is 5.78 Å². The largest absolute Gasteiger partial charge is 0.457 e. The van der Waals surface area contributed by atoms with E-state index in [1.165, 1.54) is 11.8 Å². The van der Waals surface area contributed by atoms with Gasteiger partial charge in [0.15, 0.2) is 0 Å². The van der Waals surface area contributed by atoms with Crippen molar-refractivity contribution in [3.63, 3.8) is 0 Å². The minimum Gasteiger partial charge on any atom is -0.457 e. The Kier molecular flexibility index (Phi) is 13.0. The van der Waals surface area contributed by atoms with E-state index < -0.39 is 59.3 Å². The Labute approximate surface area is 301 Å². The summed E-state index contributed by atoms with van der Waals surface area (Å²) in [5, 5.41) is 5.16. The third kappa shape index (κ3) is 10.3. The number of hydrogen-bond donors (Lipinski definition) is 2. The standard InChI is InChI=1S/C40H41N3O7S/c1-27(2)50-39(47)35(44)32(23-28-15-7-3-8-16-28)36(45)42-34-26-51-38(31-21-13-6-14-22-31)43(34)37(46)33(24-29-17-9-4-10-18-29)41-40(48)49-25-30-19-11-5-12-20-30/h3-22,27,32-34,38H,23-26H2,1-2H3,(H,41,48)(H,42,45)/t32-,33-,34+,38+/m0/s1. The summed E-state index contributed by atoms with van der Waals surface area (Å²) < 4.78 is 10.7. The van der Waals surface area contributed by atoms with E-state index in [0.717, 1.165) is 16.7 Å². The fourth-order valence-electron chi connectivity index (χ4n) is 5.73. The van der Waals surface area contributed by atoms with Crippen LogP contribution in [0.15, 0.2) is 121 Å². The lowest BCUT2D eigenvalue weighted by Gasteiger charge is -2.34. The van der Waals surface area contributed by atoms with Crippen molar-refractivity contribution < 1.29 is 33.4 Å². The monoisotopic (exact) mass is 707 g/mol. The molecule has 0 spiro atoms. The van der Waals surface area contributed by atoms with Crippen LogP contribution in [-0.2, 0) is 48.1 Å². The molecule has 4 aromatic carbocycles. The molecule has 4 aromatic rings. The molecule has 0 radical (unpaired) electrons. The number of thioether (sulfide) groups is 1. The SMILES string of the molecule is CC(C)OC(=O)C(=O)[C@H](Cc1ccccc1)C(=O)N[C@H]1CS[C@H](c2ccccc2)N1C(=O)[C@H](Cc1ccccc1)NC(=O)OCc1ccccc1. The highest BCUT2D eigenvalue weighted by Crippen LogP contribution is 2.41. The van der Waals surface area contributed by atoms with Crippen LogP contribution in [0.5, 0.6) is 0 Å². The molecule has 1 aliphatic rings. The van der Waals surface area contributed by atoms with Gasteiger partial charge in [-0.05, 0) is 42.5 Å². The van der Waals surface area contributed by atoms with E-state index in [1.54, 1.807) is 43.0 Å². The second kappa shape index (κ2) is 18.0. The van der Waals surface area contributed by atoms with Crippen molar-refractivity contribution in [1.82, 2.24) is 15.5 Å². The molecule has 0 unspecified atom stereocenters. The van der Waals surface area contributed by atoms with Crippen molar-refractivity contribution in [1.29, 1.82) is 0 Å². The van der Waals surface area contributed by atoms with Crippen molar-refractivity contribution in [2.45, 2.75) is 57.0 Å². The van der Waals surface area contributed by atoms with E-state index in [4.69, 9.17) is 9.47 Å². The van der Waals surface area contributed by atoms with Crippen LogP contribution in [0.3, 0.4) is 0 Å². The number of Topliss-reactive ketones (excluding diaryl/α,β-unsaturated/α-hetero) is 1. The Bertz CT molecular complexity index is 1780. The van der Waals surface area contributed by atoms with Crippen molar-refractivity contribution in [2.75, 3.05) is 5.75 Å². The van der Waals surface area contributed by atoms with E-state index in [2.05, 4.69) is 10.6 Å². The van der Waals surface area contributed by atoms with Gasteiger partial charge in [-0.1, -0.05) is 121 Å². The molecule has 1 heterocycles. The molecule has 3 amide bonds. The van der Waals surface area contributed by atoms with Gasteiger partial charge < -0.3 is 25.0 Å². The van der Waals surface area contributed by atoms with Gasteiger partial charge in [0.2, 0.25) is 11.8 Å². The van der Waals surface area contributed by atoms with Crippen LogP contribution in [-0.4, -0.2) is 58.6 Å². The first-order valence-corrected chi connectivity index (χ1v) is 17.8.